The van der Waals surface area contributed by atoms with Gasteiger partial charge in [-0.1, -0.05) is 0 Å². The van der Waals surface area contributed by atoms with Crippen molar-refractivity contribution in [1.82, 2.24) is 5.32 Å². The number of methoxy groups -OCH3 is 1. The van der Waals surface area contributed by atoms with Crippen LogP contribution >= 0.6 is 0 Å². The third-order valence-corrected chi connectivity index (χ3v) is 2.17. The summed E-state index contributed by atoms with van der Waals surface area (Å²) in [6.07, 6.45) is 1.22. The number of carboxylic acids is 1. The van der Waals surface area contributed by atoms with Crippen molar-refractivity contribution in [3.8, 4) is 0 Å². The summed E-state index contributed by atoms with van der Waals surface area (Å²) in [7, 11) is 1.56. The van der Waals surface area contributed by atoms with Gasteiger partial charge in [0, 0.05) is 13.7 Å². The van der Waals surface area contributed by atoms with E-state index in [1.54, 1.807) is 14.0 Å². The smallest absolute Gasteiger partial charge is 0.323 e. The molecule has 0 radical (unpaired) electrons. The van der Waals surface area contributed by atoms with Crippen LogP contribution in [0, 0.1) is 0 Å². The van der Waals surface area contributed by atoms with Crippen molar-refractivity contribution in [3.05, 3.63) is 0 Å². The van der Waals surface area contributed by atoms with E-state index in [1.807, 2.05) is 0 Å². The molecule has 0 aliphatic rings. The third-order valence-electron chi connectivity index (χ3n) is 2.17. The average Bonchev–Trinajstić information content (AvgIpc) is 2.15. The topological polar surface area (TPSA) is 84.6 Å². The molecule has 0 rings (SSSR count). The highest BCUT2D eigenvalue weighted by Crippen LogP contribution is 2.09. The summed E-state index contributed by atoms with van der Waals surface area (Å²) in [4.78, 5) is 11.0. The lowest BCUT2D eigenvalue weighted by atomic mass is 9.98. The first-order chi connectivity index (χ1) is 6.56. The molecule has 1 unspecified atom stereocenters. The molecule has 0 bridgehead atoms. The van der Waals surface area contributed by atoms with Gasteiger partial charge in [0.05, 0.1) is 0 Å². The molecule has 0 amide bonds. The molecule has 84 valence electrons. The highest BCUT2D eigenvalue weighted by atomic mass is 16.5. The fraction of sp³-hybridized carbons (Fsp3) is 0.889. The number of carboxylic acid groups (broad SMARTS) is 1. The molecule has 14 heavy (non-hydrogen) atoms. The third kappa shape index (κ3) is 4.55. The Labute approximate surface area is 84.6 Å². The molecule has 4 N–H and O–H groups in total. The Morgan fingerprint density at radius 1 is 1.64 bits per heavy atom. The van der Waals surface area contributed by atoms with E-state index in [-0.39, 0.29) is 0 Å². The van der Waals surface area contributed by atoms with Crippen LogP contribution in [0.25, 0.3) is 0 Å². The molecule has 0 saturated carbocycles. The van der Waals surface area contributed by atoms with Gasteiger partial charge in [-0.25, -0.2) is 0 Å². The van der Waals surface area contributed by atoms with Gasteiger partial charge >= 0.3 is 5.97 Å². The molecule has 0 aromatic carbocycles. The second-order valence-electron chi connectivity index (χ2n) is 3.45. The standard InChI is InChI=1S/C9H20N2O3/c1-9(8(12)13,4-7-14-2)11-6-3-5-10/h11H,3-7,10H2,1-2H3,(H,12,13). The number of aliphatic carboxylic acids is 1. The molecular weight excluding hydrogens is 184 g/mol. The van der Waals surface area contributed by atoms with Crippen LogP contribution in [0.2, 0.25) is 0 Å². The van der Waals surface area contributed by atoms with Gasteiger partial charge in [-0.2, -0.15) is 0 Å². The zero-order valence-corrected chi connectivity index (χ0v) is 8.88. The molecule has 0 fully saturated rings. The number of hydrogen-bond donors (Lipinski definition) is 3. The molecule has 0 heterocycles. The predicted molar refractivity (Wildman–Crippen MR) is 54.2 cm³/mol. The SMILES string of the molecule is COCCC(C)(NCCCN)C(=O)O. The fourth-order valence-corrected chi connectivity index (χ4v) is 1.04. The van der Waals surface area contributed by atoms with Crippen LogP contribution in [0.15, 0.2) is 0 Å². The lowest BCUT2D eigenvalue weighted by Crippen LogP contribution is -2.50. The molecule has 0 saturated heterocycles. The predicted octanol–water partition coefficient (Wildman–Crippen LogP) is -0.195. The van der Waals surface area contributed by atoms with Gasteiger partial charge in [0.25, 0.3) is 0 Å². The van der Waals surface area contributed by atoms with E-state index in [0.717, 1.165) is 6.42 Å². The van der Waals surface area contributed by atoms with Crippen LogP contribution in [0.3, 0.4) is 0 Å². The van der Waals surface area contributed by atoms with Crippen molar-refractivity contribution < 1.29 is 14.6 Å². The number of hydrogen-bond acceptors (Lipinski definition) is 4. The minimum atomic E-state index is -0.912. The minimum Gasteiger partial charge on any atom is -0.480 e. The van der Waals surface area contributed by atoms with Crippen molar-refractivity contribution in [2.75, 3.05) is 26.8 Å². The first-order valence-electron chi connectivity index (χ1n) is 4.74. The van der Waals surface area contributed by atoms with Gasteiger partial charge in [0.15, 0.2) is 0 Å². The first-order valence-corrected chi connectivity index (χ1v) is 4.74. The van der Waals surface area contributed by atoms with Crippen LogP contribution in [-0.4, -0.2) is 43.4 Å². The monoisotopic (exact) mass is 204 g/mol. The van der Waals surface area contributed by atoms with E-state index in [4.69, 9.17) is 15.6 Å². The van der Waals surface area contributed by atoms with Gasteiger partial charge < -0.3 is 20.9 Å². The van der Waals surface area contributed by atoms with Gasteiger partial charge in [-0.3, -0.25) is 4.79 Å². The second-order valence-corrected chi connectivity index (χ2v) is 3.45. The lowest BCUT2D eigenvalue weighted by Gasteiger charge is -2.25. The summed E-state index contributed by atoms with van der Waals surface area (Å²) in [5.41, 5.74) is 4.41. The average molecular weight is 204 g/mol. The molecule has 0 aromatic rings. The number of nitrogens with one attached hydrogen (secondary N) is 1. The highest BCUT2D eigenvalue weighted by Gasteiger charge is 2.31. The van der Waals surface area contributed by atoms with Crippen molar-refractivity contribution in [3.63, 3.8) is 0 Å². The molecular formula is C9H20N2O3. The Hall–Kier alpha value is -0.650. The van der Waals surface area contributed by atoms with E-state index in [1.165, 1.54) is 0 Å². The van der Waals surface area contributed by atoms with Crippen LogP contribution < -0.4 is 11.1 Å². The summed E-state index contributed by atoms with van der Waals surface area (Å²) in [6.45, 7) is 3.26. The maximum absolute atomic E-state index is 11.0. The summed E-state index contributed by atoms with van der Waals surface area (Å²) in [6, 6.07) is 0. The molecule has 5 nitrogen and oxygen atoms in total. The van der Waals surface area contributed by atoms with E-state index < -0.39 is 11.5 Å². The van der Waals surface area contributed by atoms with Crippen LogP contribution in [0.5, 0.6) is 0 Å². The van der Waals surface area contributed by atoms with E-state index >= 15 is 0 Å². The highest BCUT2D eigenvalue weighted by molar-refractivity contribution is 5.78. The van der Waals surface area contributed by atoms with Crippen molar-refractivity contribution in [1.29, 1.82) is 0 Å². The van der Waals surface area contributed by atoms with Crippen molar-refractivity contribution in [2.45, 2.75) is 25.3 Å². The Morgan fingerprint density at radius 2 is 2.29 bits per heavy atom. The normalized spacial score (nSPS) is 15.1. The summed E-state index contributed by atoms with van der Waals surface area (Å²) in [5, 5.41) is 12.0. The van der Waals surface area contributed by atoms with Crippen molar-refractivity contribution >= 4 is 5.97 Å². The van der Waals surface area contributed by atoms with Crippen LogP contribution in [0.4, 0.5) is 0 Å². The van der Waals surface area contributed by atoms with Gasteiger partial charge in [0.2, 0.25) is 0 Å². The number of carbonyl (C=O) groups is 1. The zero-order chi connectivity index (χ0) is 11.0. The van der Waals surface area contributed by atoms with Gasteiger partial charge in [-0.15, -0.1) is 0 Å². The summed E-state index contributed by atoms with van der Waals surface area (Å²) >= 11 is 0. The second kappa shape index (κ2) is 6.75. The molecule has 0 aliphatic heterocycles. The number of nitrogens with two attached hydrogens (primary N) is 1. The Morgan fingerprint density at radius 3 is 2.71 bits per heavy atom. The minimum absolute atomic E-state index is 0.429. The largest absolute Gasteiger partial charge is 0.480 e. The number of ether oxygens (including phenoxy) is 1. The van der Waals surface area contributed by atoms with E-state index in [2.05, 4.69) is 5.32 Å². The Balaban J connectivity index is 4.03. The van der Waals surface area contributed by atoms with Crippen LogP contribution in [0.1, 0.15) is 19.8 Å². The fourth-order valence-electron chi connectivity index (χ4n) is 1.04. The Bertz CT molecular complexity index is 175. The molecule has 1 atom stereocenters. The number of rotatable bonds is 8. The first kappa shape index (κ1) is 13.4. The van der Waals surface area contributed by atoms with Crippen LogP contribution in [-0.2, 0) is 9.53 Å². The molecule has 0 spiro atoms. The van der Waals surface area contributed by atoms with Crippen molar-refractivity contribution in [2.24, 2.45) is 5.73 Å². The molecule has 0 aliphatic carbocycles. The van der Waals surface area contributed by atoms with Gasteiger partial charge in [-0.05, 0) is 32.9 Å². The molecule has 0 aromatic heterocycles. The molecule has 5 heteroatoms. The summed E-state index contributed by atoms with van der Waals surface area (Å²) < 4.78 is 4.87. The van der Waals surface area contributed by atoms with Gasteiger partial charge in [0.1, 0.15) is 5.54 Å². The summed E-state index contributed by atoms with van der Waals surface area (Å²) in [5.74, 6) is -0.855. The Kier molecular flexibility index (Phi) is 6.44. The van der Waals surface area contributed by atoms with E-state index in [0.29, 0.717) is 26.1 Å². The quantitative estimate of drug-likeness (QED) is 0.477. The maximum atomic E-state index is 11.0. The maximum Gasteiger partial charge on any atom is 0.323 e. The zero-order valence-electron chi connectivity index (χ0n) is 8.88. The van der Waals surface area contributed by atoms with E-state index in [9.17, 15) is 4.79 Å². The lowest BCUT2D eigenvalue weighted by molar-refractivity contribution is -0.144.